The molecule has 0 aliphatic heterocycles. The summed E-state index contributed by atoms with van der Waals surface area (Å²) in [6.07, 6.45) is 1.05. The molecule has 0 aromatic heterocycles. The lowest BCUT2D eigenvalue weighted by Crippen LogP contribution is -2.00. The van der Waals surface area contributed by atoms with Gasteiger partial charge in [0.2, 0.25) is 0 Å². The zero-order chi connectivity index (χ0) is 16.8. The summed E-state index contributed by atoms with van der Waals surface area (Å²) in [7, 11) is 0. The van der Waals surface area contributed by atoms with E-state index in [0.29, 0.717) is 0 Å². The maximum absolute atomic E-state index is 12.5. The quantitative estimate of drug-likeness (QED) is 0.434. The molecule has 3 rings (SSSR count). The predicted molar refractivity (Wildman–Crippen MR) is 102 cm³/mol. The summed E-state index contributed by atoms with van der Waals surface area (Å²) in [5, 5.41) is 0. The molecule has 0 bridgehead atoms. The second-order valence-electron chi connectivity index (χ2n) is 5.80. The second kappa shape index (κ2) is 7.98. The number of thioether (sulfide) groups is 1. The fourth-order valence-electron chi connectivity index (χ4n) is 2.51. The molecule has 3 aromatic carbocycles. The van der Waals surface area contributed by atoms with Crippen molar-refractivity contribution in [3.63, 3.8) is 0 Å². The Hall–Kier alpha value is -2.32. The number of benzene rings is 3. The van der Waals surface area contributed by atoms with E-state index in [1.165, 1.54) is 10.5 Å². The number of ketones is 1. The van der Waals surface area contributed by atoms with Gasteiger partial charge in [-0.25, -0.2) is 0 Å². The Kier molecular flexibility index (Phi) is 5.50. The van der Waals surface area contributed by atoms with E-state index in [1.54, 1.807) is 0 Å². The predicted octanol–water partition coefficient (Wildman–Crippen LogP) is 5.56. The third-order valence-corrected chi connectivity index (χ3v) is 4.95. The molecule has 0 aliphatic rings. The summed E-state index contributed by atoms with van der Waals surface area (Å²) in [5.41, 5.74) is 4.00. The Bertz CT molecular complexity index is 790. The van der Waals surface area contributed by atoms with Crippen molar-refractivity contribution >= 4 is 17.5 Å². The van der Waals surface area contributed by atoms with Crippen LogP contribution >= 0.6 is 11.8 Å². The first-order chi connectivity index (χ1) is 11.7. The monoisotopic (exact) mass is 332 g/mol. The van der Waals surface area contributed by atoms with Crippen molar-refractivity contribution in [1.29, 1.82) is 0 Å². The van der Waals surface area contributed by atoms with Gasteiger partial charge in [-0.1, -0.05) is 60.2 Å². The summed E-state index contributed by atoms with van der Waals surface area (Å²) in [4.78, 5) is 13.7. The minimum atomic E-state index is 0.0795. The molecule has 0 radical (unpaired) electrons. The van der Waals surface area contributed by atoms with Crippen LogP contribution in [0.2, 0.25) is 0 Å². The molecule has 0 fully saturated rings. The van der Waals surface area contributed by atoms with E-state index >= 15 is 0 Å². The van der Waals surface area contributed by atoms with Crippen molar-refractivity contribution < 1.29 is 4.79 Å². The van der Waals surface area contributed by atoms with E-state index in [1.807, 2.05) is 73.3 Å². The van der Waals surface area contributed by atoms with Crippen LogP contribution in [0.3, 0.4) is 0 Å². The number of hydrogen-bond donors (Lipinski definition) is 0. The van der Waals surface area contributed by atoms with Crippen LogP contribution < -0.4 is 0 Å². The first kappa shape index (κ1) is 16.5. The van der Waals surface area contributed by atoms with Crippen LogP contribution in [-0.4, -0.2) is 11.5 Å². The summed E-state index contributed by atoms with van der Waals surface area (Å²) in [5.74, 6) is 1.12. The molecule has 2 heteroatoms. The highest BCUT2D eigenvalue weighted by Gasteiger charge is 2.08. The highest BCUT2D eigenvalue weighted by molar-refractivity contribution is 7.99. The molecule has 0 N–H and O–H groups in total. The van der Waals surface area contributed by atoms with Crippen molar-refractivity contribution in [1.82, 2.24) is 0 Å². The molecule has 0 aliphatic carbocycles. The largest absolute Gasteiger partial charge is 0.289 e. The van der Waals surface area contributed by atoms with Crippen molar-refractivity contribution in [3.05, 3.63) is 101 Å². The summed E-state index contributed by atoms with van der Waals surface area (Å²) >= 11 is 1.82. The third-order valence-electron chi connectivity index (χ3n) is 3.93. The van der Waals surface area contributed by atoms with Crippen LogP contribution in [0.15, 0.2) is 83.8 Å². The molecule has 0 heterocycles. The van der Waals surface area contributed by atoms with Crippen LogP contribution in [0.4, 0.5) is 0 Å². The van der Waals surface area contributed by atoms with Gasteiger partial charge in [-0.3, -0.25) is 4.79 Å². The Labute approximate surface area is 147 Å². The first-order valence-electron chi connectivity index (χ1n) is 8.10. The topological polar surface area (TPSA) is 17.1 Å². The Balaban J connectivity index is 1.58. The van der Waals surface area contributed by atoms with Gasteiger partial charge in [0.05, 0.1) is 0 Å². The van der Waals surface area contributed by atoms with Crippen LogP contribution in [-0.2, 0) is 6.42 Å². The number of carbonyl (C=O) groups excluding carboxylic acids is 1. The normalized spacial score (nSPS) is 10.5. The van der Waals surface area contributed by atoms with Gasteiger partial charge in [0, 0.05) is 21.8 Å². The molecule has 0 saturated heterocycles. The van der Waals surface area contributed by atoms with Gasteiger partial charge in [0.1, 0.15) is 0 Å². The standard InChI is InChI=1S/C22H20OS/c1-17-7-9-19(10-8-17)22(23)20-11-13-21(14-12-20)24-16-15-18-5-3-2-4-6-18/h2-14H,15-16H2,1H3. The Morgan fingerprint density at radius 3 is 2.00 bits per heavy atom. The van der Waals surface area contributed by atoms with E-state index in [4.69, 9.17) is 0 Å². The van der Waals surface area contributed by atoms with Crippen molar-refractivity contribution in [2.75, 3.05) is 5.75 Å². The van der Waals surface area contributed by atoms with Gasteiger partial charge in [0.25, 0.3) is 0 Å². The molecule has 24 heavy (non-hydrogen) atoms. The molecular formula is C22H20OS. The van der Waals surface area contributed by atoms with Crippen molar-refractivity contribution in [2.24, 2.45) is 0 Å². The van der Waals surface area contributed by atoms with Crippen molar-refractivity contribution in [3.8, 4) is 0 Å². The van der Waals surface area contributed by atoms with Gasteiger partial charge in [-0.05, 0) is 43.2 Å². The fourth-order valence-corrected chi connectivity index (χ4v) is 3.41. The van der Waals surface area contributed by atoms with E-state index < -0.39 is 0 Å². The maximum Gasteiger partial charge on any atom is 0.193 e. The van der Waals surface area contributed by atoms with Gasteiger partial charge in [-0.15, -0.1) is 11.8 Å². The SMILES string of the molecule is Cc1ccc(C(=O)c2ccc(SCCc3ccccc3)cc2)cc1. The smallest absolute Gasteiger partial charge is 0.193 e. The third kappa shape index (κ3) is 4.36. The minimum Gasteiger partial charge on any atom is -0.289 e. The zero-order valence-electron chi connectivity index (χ0n) is 13.7. The van der Waals surface area contributed by atoms with E-state index in [2.05, 4.69) is 24.3 Å². The summed E-state index contributed by atoms with van der Waals surface area (Å²) < 4.78 is 0. The second-order valence-corrected chi connectivity index (χ2v) is 6.97. The highest BCUT2D eigenvalue weighted by atomic mass is 32.2. The molecule has 0 atom stereocenters. The summed E-state index contributed by atoms with van der Waals surface area (Å²) in [6, 6.07) is 26.2. The van der Waals surface area contributed by atoms with Crippen LogP contribution in [0, 0.1) is 6.92 Å². The van der Waals surface area contributed by atoms with Gasteiger partial charge < -0.3 is 0 Å². The highest BCUT2D eigenvalue weighted by Crippen LogP contribution is 2.21. The van der Waals surface area contributed by atoms with E-state index in [-0.39, 0.29) is 5.78 Å². The van der Waals surface area contributed by atoms with E-state index in [9.17, 15) is 4.79 Å². The van der Waals surface area contributed by atoms with Gasteiger partial charge >= 0.3 is 0 Å². The lowest BCUT2D eigenvalue weighted by Gasteiger charge is -2.05. The lowest BCUT2D eigenvalue weighted by atomic mass is 10.0. The molecule has 0 saturated carbocycles. The molecular weight excluding hydrogens is 312 g/mol. The number of hydrogen-bond acceptors (Lipinski definition) is 2. The van der Waals surface area contributed by atoms with E-state index in [0.717, 1.165) is 28.9 Å². The number of carbonyl (C=O) groups is 1. The molecule has 0 amide bonds. The van der Waals surface area contributed by atoms with Crippen molar-refractivity contribution in [2.45, 2.75) is 18.2 Å². The minimum absolute atomic E-state index is 0.0795. The molecule has 0 unspecified atom stereocenters. The Morgan fingerprint density at radius 1 is 0.792 bits per heavy atom. The van der Waals surface area contributed by atoms with Crippen LogP contribution in [0.25, 0.3) is 0 Å². The zero-order valence-corrected chi connectivity index (χ0v) is 14.6. The van der Waals surface area contributed by atoms with Gasteiger partial charge in [0.15, 0.2) is 5.78 Å². The molecule has 3 aromatic rings. The molecule has 1 nitrogen and oxygen atoms in total. The Morgan fingerprint density at radius 2 is 1.38 bits per heavy atom. The number of aryl methyl sites for hydroxylation is 2. The molecule has 0 spiro atoms. The van der Waals surface area contributed by atoms with Gasteiger partial charge in [-0.2, -0.15) is 0 Å². The maximum atomic E-state index is 12.5. The first-order valence-corrected chi connectivity index (χ1v) is 9.09. The molecule has 120 valence electrons. The fraction of sp³-hybridized carbons (Fsp3) is 0.136. The average molecular weight is 332 g/mol. The summed E-state index contributed by atoms with van der Waals surface area (Å²) in [6.45, 7) is 2.02. The van der Waals surface area contributed by atoms with Crippen LogP contribution in [0.5, 0.6) is 0 Å². The van der Waals surface area contributed by atoms with Crippen LogP contribution in [0.1, 0.15) is 27.0 Å². The lowest BCUT2D eigenvalue weighted by molar-refractivity contribution is 0.103. The average Bonchev–Trinajstić information content (AvgIpc) is 2.63. The number of rotatable bonds is 6.